The Hall–Kier alpha value is -0.330. The average molecular weight is 361 g/mol. The molecule has 104 valence electrons. The first-order valence-corrected chi connectivity index (χ1v) is 8.59. The Morgan fingerprint density at radius 1 is 1.37 bits per heavy atom. The van der Waals surface area contributed by atoms with E-state index >= 15 is 0 Å². The van der Waals surface area contributed by atoms with Crippen molar-refractivity contribution >= 4 is 50.1 Å². The van der Waals surface area contributed by atoms with Gasteiger partial charge < -0.3 is 5.32 Å². The maximum Gasteiger partial charge on any atom is 0.242 e. The lowest BCUT2D eigenvalue weighted by atomic mass is 9.96. The number of hydrogen-bond donors (Lipinski definition) is 1. The first kappa shape index (κ1) is 15.1. The molecule has 2 atom stereocenters. The summed E-state index contributed by atoms with van der Waals surface area (Å²) in [4.78, 5) is 17.9. The lowest BCUT2D eigenvalue weighted by molar-refractivity contribution is -0.122. The molecule has 0 radical (unpaired) electrons. The van der Waals surface area contributed by atoms with E-state index in [2.05, 4.69) is 46.2 Å². The van der Waals surface area contributed by atoms with Gasteiger partial charge >= 0.3 is 0 Å². The van der Waals surface area contributed by atoms with Gasteiger partial charge in [-0.25, -0.2) is 0 Å². The topological polar surface area (TPSA) is 41.5 Å². The van der Waals surface area contributed by atoms with Crippen LogP contribution in [0.15, 0.2) is 20.9 Å². The molecule has 1 aromatic rings. The minimum Gasteiger partial charge on any atom is -0.304 e. The number of amides is 1. The summed E-state index contributed by atoms with van der Waals surface area (Å²) in [6.07, 6.45) is 0. The van der Waals surface area contributed by atoms with Crippen LogP contribution in [0, 0.1) is 5.92 Å². The first-order chi connectivity index (χ1) is 8.83. The summed E-state index contributed by atoms with van der Waals surface area (Å²) in [7, 11) is 0. The molecule has 0 aliphatic carbocycles. The molecule has 1 fully saturated rings. The highest BCUT2D eigenvalue weighted by atomic mass is 79.9. The number of nitrogens with zero attached hydrogens (tertiary/aromatic N) is 1. The van der Waals surface area contributed by atoms with E-state index in [1.54, 1.807) is 23.1 Å². The van der Waals surface area contributed by atoms with Gasteiger partial charge in [0.05, 0.1) is 9.83 Å². The second-order valence-corrected chi connectivity index (χ2v) is 9.00. The maximum atomic E-state index is 12.1. The van der Waals surface area contributed by atoms with Crippen LogP contribution in [-0.4, -0.2) is 15.8 Å². The summed E-state index contributed by atoms with van der Waals surface area (Å²) in [5, 5.41) is 3.63. The highest BCUT2D eigenvalue weighted by Gasteiger charge is 2.45. The normalized spacial score (nSPS) is 27.1. The molecule has 2 heterocycles. The Morgan fingerprint density at radius 2 is 2.05 bits per heavy atom. The van der Waals surface area contributed by atoms with Gasteiger partial charge in [-0.15, -0.1) is 11.3 Å². The molecule has 1 amide bonds. The molecule has 0 bridgehead atoms. The van der Waals surface area contributed by atoms with Gasteiger partial charge in [0.1, 0.15) is 4.75 Å². The van der Waals surface area contributed by atoms with Gasteiger partial charge in [0, 0.05) is 4.88 Å². The van der Waals surface area contributed by atoms with Gasteiger partial charge in [-0.3, -0.25) is 9.79 Å². The van der Waals surface area contributed by atoms with E-state index in [1.165, 1.54) is 4.88 Å². The van der Waals surface area contributed by atoms with E-state index in [9.17, 15) is 4.79 Å². The summed E-state index contributed by atoms with van der Waals surface area (Å²) < 4.78 is 0.693. The van der Waals surface area contributed by atoms with Crippen molar-refractivity contribution < 1.29 is 4.79 Å². The van der Waals surface area contributed by atoms with Crippen LogP contribution in [0.3, 0.4) is 0 Å². The highest BCUT2D eigenvalue weighted by molar-refractivity contribution is 9.11. The summed E-state index contributed by atoms with van der Waals surface area (Å²) >= 11 is 6.67. The smallest absolute Gasteiger partial charge is 0.242 e. The van der Waals surface area contributed by atoms with E-state index in [4.69, 9.17) is 0 Å². The lowest BCUT2D eigenvalue weighted by Crippen LogP contribution is -2.38. The molecule has 6 heteroatoms. The van der Waals surface area contributed by atoms with E-state index in [0.717, 1.165) is 8.95 Å². The number of hydrogen-bond acceptors (Lipinski definition) is 4. The molecule has 1 N–H and O–H groups in total. The Bertz CT molecular complexity index is 526. The minimum absolute atomic E-state index is 0.0609. The van der Waals surface area contributed by atoms with Crippen LogP contribution < -0.4 is 5.32 Å². The molecule has 19 heavy (non-hydrogen) atoms. The van der Waals surface area contributed by atoms with Crippen molar-refractivity contribution in [2.24, 2.45) is 10.9 Å². The van der Waals surface area contributed by atoms with Crippen molar-refractivity contribution in [3.8, 4) is 0 Å². The fraction of sp³-hybridized carbons (Fsp3) is 0.538. The molecule has 0 spiro atoms. The third-order valence-corrected chi connectivity index (χ3v) is 6.67. The van der Waals surface area contributed by atoms with Gasteiger partial charge in [0.15, 0.2) is 5.17 Å². The Morgan fingerprint density at radius 3 is 2.53 bits per heavy atom. The number of carbonyl (C=O) groups excluding carboxylic acids is 1. The van der Waals surface area contributed by atoms with Crippen molar-refractivity contribution in [1.29, 1.82) is 0 Å². The van der Waals surface area contributed by atoms with Gasteiger partial charge in [0.25, 0.3) is 0 Å². The molecule has 0 saturated carbocycles. The molecule has 1 unspecified atom stereocenters. The molecule has 2 rings (SSSR count). The molecule has 1 aliphatic rings. The van der Waals surface area contributed by atoms with Gasteiger partial charge in [-0.1, -0.05) is 25.6 Å². The third-order valence-electron chi connectivity index (χ3n) is 3.40. The van der Waals surface area contributed by atoms with Crippen molar-refractivity contribution in [1.82, 2.24) is 5.32 Å². The van der Waals surface area contributed by atoms with Crippen LogP contribution in [0.4, 0.5) is 0 Å². The number of thiophene rings is 1. The summed E-state index contributed by atoms with van der Waals surface area (Å²) in [6, 6.07) is 4.15. The molecule has 1 aromatic heterocycles. The van der Waals surface area contributed by atoms with Gasteiger partial charge in [0.2, 0.25) is 5.91 Å². The van der Waals surface area contributed by atoms with E-state index in [-0.39, 0.29) is 17.9 Å². The van der Waals surface area contributed by atoms with Crippen molar-refractivity contribution in [2.75, 3.05) is 0 Å². The Balaban J connectivity index is 2.16. The second kappa shape index (κ2) is 5.58. The standard InChI is InChI=1S/C13H17BrN2OS2/c1-7(2)13(4)11(17)16-12(19-13)15-8(3)9-5-6-10(14)18-9/h5-8H,1-4H3,(H,15,16,17)/t8-,13?/m0/s1. The van der Waals surface area contributed by atoms with Crippen LogP contribution in [0.1, 0.15) is 38.6 Å². The minimum atomic E-state index is -0.408. The zero-order chi connectivity index (χ0) is 14.2. The number of rotatable bonds is 3. The van der Waals surface area contributed by atoms with Crippen molar-refractivity contribution in [2.45, 2.75) is 38.5 Å². The molecule has 1 aliphatic heterocycles. The van der Waals surface area contributed by atoms with Gasteiger partial charge in [-0.05, 0) is 47.8 Å². The zero-order valence-electron chi connectivity index (χ0n) is 11.4. The second-order valence-electron chi connectivity index (χ2n) is 5.07. The molecular weight excluding hydrogens is 344 g/mol. The molecule has 0 aromatic carbocycles. The predicted octanol–water partition coefficient (Wildman–Crippen LogP) is 4.21. The SMILES string of the molecule is CC(C)C1(C)SC(=N[C@@H](C)c2ccc(Br)s2)NC1=O. The number of halogens is 1. The number of nitrogens with one attached hydrogen (secondary N) is 1. The van der Waals surface area contributed by atoms with E-state index in [0.29, 0.717) is 0 Å². The van der Waals surface area contributed by atoms with Crippen LogP contribution in [0.2, 0.25) is 0 Å². The molecular formula is C13H17BrN2OS2. The molecule has 3 nitrogen and oxygen atoms in total. The van der Waals surface area contributed by atoms with Crippen molar-refractivity contribution in [3.63, 3.8) is 0 Å². The summed E-state index contributed by atoms with van der Waals surface area (Å²) in [6.45, 7) is 8.15. The van der Waals surface area contributed by atoms with Crippen LogP contribution >= 0.6 is 39.0 Å². The van der Waals surface area contributed by atoms with Crippen LogP contribution in [0.25, 0.3) is 0 Å². The summed E-state index contributed by atoms with van der Waals surface area (Å²) in [5.41, 5.74) is 0. The largest absolute Gasteiger partial charge is 0.304 e. The highest BCUT2D eigenvalue weighted by Crippen LogP contribution is 2.39. The zero-order valence-corrected chi connectivity index (χ0v) is 14.6. The maximum absolute atomic E-state index is 12.1. The lowest BCUT2D eigenvalue weighted by Gasteiger charge is -2.22. The average Bonchev–Trinajstić information content (AvgIpc) is 2.85. The van der Waals surface area contributed by atoms with E-state index < -0.39 is 4.75 Å². The fourth-order valence-corrected chi connectivity index (χ4v) is 4.27. The van der Waals surface area contributed by atoms with Gasteiger partial charge in [-0.2, -0.15) is 0 Å². The monoisotopic (exact) mass is 360 g/mol. The fourth-order valence-electron chi connectivity index (χ4n) is 1.72. The van der Waals surface area contributed by atoms with E-state index in [1.807, 2.05) is 19.9 Å². The van der Waals surface area contributed by atoms with Crippen LogP contribution in [0.5, 0.6) is 0 Å². The van der Waals surface area contributed by atoms with Crippen molar-refractivity contribution in [3.05, 3.63) is 20.8 Å². The Kier molecular flexibility index (Phi) is 4.42. The summed E-state index contributed by atoms with van der Waals surface area (Å²) in [5.74, 6) is 0.335. The number of thioether (sulfide) groups is 1. The molecule has 1 saturated heterocycles. The first-order valence-electron chi connectivity index (χ1n) is 6.16. The number of aliphatic imine (C=N–C) groups is 1. The predicted molar refractivity (Wildman–Crippen MR) is 86.8 cm³/mol. The quantitative estimate of drug-likeness (QED) is 0.877. The number of amidine groups is 1. The number of carbonyl (C=O) groups is 1. The third kappa shape index (κ3) is 3.06. The van der Waals surface area contributed by atoms with Crippen LogP contribution in [-0.2, 0) is 4.79 Å². The Labute approximate surface area is 130 Å².